The summed E-state index contributed by atoms with van der Waals surface area (Å²) in [5.41, 5.74) is 2.07. The molecule has 1 atom stereocenters. The lowest BCUT2D eigenvalue weighted by Gasteiger charge is -2.09. The average Bonchev–Trinajstić information content (AvgIpc) is 2.59. The van der Waals surface area contributed by atoms with Gasteiger partial charge in [0.15, 0.2) is 6.29 Å². The Morgan fingerprint density at radius 2 is 2.00 bits per heavy atom. The number of carboxylic acids is 1. The van der Waals surface area contributed by atoms with E-state index in [-0.39, 0.29) is 6.54 Å². The number of methoxy groups -OCH3 is 1. The number of hydrogen-bond donors (Lipinski definition) is 1. The number of esters is 1. The standard InChI is InChI=1S/C13H17NO5/c1-7-10(6-15)14(5-11(16)19-4)9(3)12(7)8(2)13(17)18/h6,8H,5H2,1-4H3,(H,17,18). The molecule has 104 valence electrons. The molecule has 1 unspecified atom stereocenters. The molecular formula is C13H17NO5. The maximum Gasteiger partial charge on any atom is 0.325 e. The Morgan fingerprint density at radius 1 is 1.42 bits per heavy atom. The largest absolute Gasteiger partial charge is 0.481 e. The molecule has 0 amide bonds. The summed E-state index contributed by atoms with van der Waals surface area (Å²) in [7, 11) is 1.26. The summed E-state index contributed by atoms with van der Waals surface area (Å²) in [5, 5.41) is 9.10. The maximum atomic E-state index is 11.4. The molecule has 1 N–H and O–H groups in total. The predicted molar refractivity (Wildman–Crippen MR) is 67.4 cm³/mol. The highest BCUT2D eigenvalue weighted by atomic mass is 16.5. The molecule has 6 nitrogen and oxygen atoms in total. The molecule has 0 aromatic carbocycles. The summed E-state index contributed by atoms with van der Waals surface area (Å²) in [6, 6.07) is 0. The lowest BCUT2D eigenvalue weighted by atomic mass is 9.97. The Kier molecular flexibility index (Phi) is 4.47. The van der Waals surface area contributed by atoms with Crippen molar-refractivity contribution in [3.8, 4) is 0 Å². The van der Waals surface area contributed by atoms with Gasteiger partial charge in [0, 0.05) is 5.69 Å². The van der Waals surface area contributed by atoms with Gasteiger partial charge in [0.1, 0.15) is 6.54 Å². The molecule has 1 rings (SSSR count). The Bertz CT molecular complexity index is 530. The third kappa shape index (κ3) is 2.67. The van der Waals surface area contributed by atoms with Crippen LogP contribution in [0.5, 0.6) is 0 Å². The van der Waals surface area contributed by atoms with E-state index in [2.05, 4.69) is 4.74 Å². The van der Waals surface area contributed by atoms with Crippen molar-refractivity contribution in [2.45, 2.75) is 33.2 Å². The molecule has 19 heavy (non-hydrogen) atoms. The summed E-state index contributed by atoms with van der Waals surface area (Å²) in [6.45, 7) is 4.81. The van der Waals surface area contributed by atoms with E-state index in [4.69, 9.17) is 5.11 Å². The molecule has 0 aliphatic rings. The van der Waals surface area contributed by atoms with E-state index < -0.39 is 17.9 Å². The number of nitrogens with zero attached hydrogens (tertiary/aromatic N) is 1. The molecule has 0 aliphatic heterocycles. The zero-order valence-corrected chi connectivity index (χ0v) is 11.4. The van der Waals surface area contributed by atoms with E-state index in [9.17, 15) is 14.4 Å². The van der Waals surface area contributed by atoms with E-state index in [0.29, 0.717) is 28.8 Å². The lowest BCUT2D eigenvalue weighted by Crippen LogP contribution is -2.15. The van der Waals surface area contributed by atoms with Gasteiger partial charge in [-0.05, 0) is 31.9 Å². The highest BCUT2D eigenvalue weighted by Gasteiger charge is 2.25. The second-order valence-corrected chi connectivity index (χ2v) is 4.35. The zero-order valence-electron chi connectivity index (χ0n) is 11.4. The Morgan fingerprint density at radius 3 is 2.42 bits per heavy atom. The van der Waals surface area contributed by atoms with Crippen LogP contribution < -0.4 is 0 Å². The van der Waals surface area contributed by atoms with Gasteiger partial charge in [-0.2, -0.15) is 0 Å². The average molecular weight is 267 g/mol. The van der Waals surface area contributed by atoms with Crippen LogP contribution in [0, 0.1) is 13.8 Å². The molecule has 0 saturated carbocycles. The topological polar surface area (TPSA) is 85.6 Å². The molecule has 0 spiro atoms. The number of carboxylic acid groups (broad SMARTS) is 1. The first-order chi connectivity index (χ1) is 8.84. The van der Waals surface area contributed by atoms with Crippen LogP contribution in [-0.4, -0.2) is 35.0 Å². The number of rotatable bonds is 5. The van der Waals surface area contributed by atoms with Crippen LogP contribution in [0.2, 0.25) is 0 Å². The van der Waals surface area contributed by atoms with E-state index in [1.165, 1.54) is 11.7 Å². The zero-order chi connectivity index (χ0) is 14.7. The van der Waals surface area contributed by atoms with E-state index in [0.717, 1.165) is 0 Å². The van der Waals surface area contributed by atoms with Crippen molar-refractivity contribution in [1.82, 2.24) is 4.57 Å². The van der Waals surface area contributed by atoms with Crippen LogP contribution in [0.4, 0.5) is 0 Å². The second kappa shape index (κ2) is 5.69. The van der Waals surface area contributed by atoms with Gasteiger partial charge in [-0.25, -0.2) is 0 Å². The minimum atomic E-state index is -0.973. The summed E-state index contributed by atoms with van der Waals surface area (Å²) >= 11 is 0. The molecule has 0 aliphatic carbocycles. The summed E-state index contributed by atoms with van der Waals surface area (Å²) < 4.78 is 6.06. The van der Waals surface area contributed by atoms with Crippen LogP contribution in [0.25, 0.3) is 0 Å². The first-order valence-electron chi connectivity index (χ1n) is 5.79. The molecule has 0 bridgehead atoms. The monoisotopic (exact) mass is 267 g/mol. The lowest BCUT2D eigenvalue weighted by molar-refractivity contribution is -0.141. The van der Waals surface area contributed by atoms with E-state index >= 15 is 0 Å². The molecule has 0 radical (unpaired) electrons. The Hall–Kier alpha value is -2.11. The number of aliphatic carboxylic acids is 1. The highest BCUT2D eigenvalue weighted by molar-refractivity contribution is 5.82. The van der Waals surface area contributed by atoms with Crippen molar-refractivity contribution < 1.29 is 24.2 Å². The fourth-order valence-electron chi connectivity index (χ4n) is 2.25. The molecular weight excluding hydrogens is 250 g/mol. The van der Waals surface area contributed by atoms with Crippen LogP contribution in [-0.2, 0) is 20.9 Å². The number of hydrogen-bond acceptors (Lipinski definition) is 4. The third-order valence-electron chi connectivity index (χ3n) is 3.30. The van der Waals surface area contributed by atoms with Crippen molar-refractivity contribution in [2.24, 2.45) is 0 Å². The Balaban J connectivity index is 3.40. The smallest absolute Gasteiger partial charge is 0.325 e. The fraction of sp³-hybridized carbons (Fsp3) is 0.462. The second-order valence-electron chi connectivity index (χ2n) is 4.35. The third-order valence-corrected chi connectivity index (χ3v) is 3.30. The van der Waals surface area contributed by atoms with Crippen LogP contribution in [0.3, 0.4) is 0 Å². The number of aldehydes is 1. The van der Waals surface area contributed by atoms with E-state index in [1.807, 2.05) is 0 Å². The normalized spacial score (nSPS) is 12.0. The van der Waals surface area contributed by atoms with Crippen molar-refractivity contribution in [3.63, 3.8) is 0 Å². The minimum Gasteiger partial charge on any atom is -0.481 e. The predicted octanol–water partition coefficient (Wildman–Crippen LogP) is 1.28. The molecule has 1 heterocycles. The highest BCUT2D eigenvalue weighted by Crippen LogP contribution is 2.28. The summed E-state index contributed by atoms with van der Waals surface area (Å²) in [5.74, 6) is -2.20. The first kappa shape index (κ1) is 14.9. The molecule has 6 heteroatoms. The molecule has 0 saturated heterocycles. The molecule has 1 aromatic heterocycles. The van der Waals surface area contributed by atoms with Crippen LogP contribution in [0.15, 0.2) is 0 Å². The van der Waals surface area contributed by atoms with E-state index in [1.54, 1.807) is 20.8 Å². The van der Waals surface area contributed by atoms with Gasteiger partial charge in [-0.3, -0.25) is 14.4 Å². The summed E-state index contributed by atoms with van der Waals surface area (Å²) in [6.07, 6.45) is 0.628. The number of carbonyl (C=O) groups excluding carboxylic acids is 2. The van der Waals surface area contributed by atoms with Crippen LogP contribution in [0.1, 0.15) is 40.2 Å². The van der Waals surface area contributed by atoms with Gasteiger partial charge in [0.05, 0.1) is 18.7 Å². The SMILES string of the molecule is COC(=O)Cn1c(C)c(C(C)C(=O)O)c(C)c1C=O. The van der Waals surface area contributed by atoms with Crippen molar-refractivity contribution in [3.05, 3.63) is 22.5 Å². The minimum absolute atomic E-state index is 0.108. The van der Waals surface area contributed by atoms with Gasteiger partial charge < -0.3 is 14.4 Å². The number of aromatic nitrogens is 1. The van der Waals surface area contributed by atoms with Gasteiger partial charge in [0.2, 0.25) is 0 Å². The molecule has 0 fully saturated rings. The molecule has 1 aromatic rings. The maximum absolute atomic E-state index is 11.4. The number of carbonyl (C=O) groups is 3. The van der Waals surface area contributed by atoms with Crippen molar-refractivity contribution in [1.29, 1.82) is 0 Å². The van der Waals surface area contributed by atoms with Gasteiger partial charge in [-0.1, -0.05) is 0 Å². The quantitative estimate of drug-likeness (QED) is 0.641. The van der Waals surface area contributed by atoms with Crippen molar-refractivity contribution >= 4 is 18.2 Å². The number of ether oxygens (including phenoxy) is 1. The van der Waals surface area contributed by atoms with Crippen LogP contribution >= 0.6 is 0 Å². The fourth-order valence-corrected chi connectivity index (χ4v) is 2.25. The Labute approximate surface area is 111 Å². The first-order valence-corrected chi connectivity index (χ1v) is 5.79. The van der Waals surface area contributed by atoms with Gasteiger partial charge in [-0.15, -0.1) is 0 Å². The van der Waals surface area contributed by atoms with Crippen molar-refractivity contribution in [2.75, 3.05) is 7.11 Å². The summed E-state index contributed by atoms with van der Waals surface area (Å²) in [4.78, 5) is 33.6. The van der Waals surface area contributed by atoms with Gasteiger partial charge >= 0.3 is 11.9 Å². The van der Waals surface area contributed by atoms with Gasteiger partial charge in [0.25, 0.3) is 0 Å².